The Balaban J connectivity index is 0.00000320. The zero-order chi connectivity index (χ0) is 21.4. The summed E-state index contributed by atoms with van der Waals surface area (Å²) < 4.78 is 57.9. The van der Waals surface area contributed by atoms with Gasteiger partial charge in [0.1, 0.15) is 5.82 Å². The second-order valence-electron chi connectivity index (χ2n) is 8.13. The highest BCUT2D eigenvalue weighted by Gasteiger charge is 2.45. The Morgan fingerprint density at radius 3 is 2.50 bits per heavy atom. The Morgan fingerprint density at radius 1 is 1.20 bits per heavy atom. The van der Waals surface area contributed by atoms with E-state index in [0.717, 1.165) is 5.56 Å². The predicted octanol–water partition coefficient (Wildman–Crippen LogP) is 3.95. The van der Waals surface area contributed by atoms with Crippen LogP contribution in [0.1, 0.15) is 56.8 Å². The van der Waals surface area contributed by atoms with Gasteiger partial charge in [-0.15, -0.1) is 0 Å². The zero-order valence-electron chi connectivity index (χ0n) is 17.6. The molecular weight excluding hydrogens is 427 g/mol. The van der Waals surface area contributed by atoms with Crippen molar-refractivity contribution in [1.82, 2.24) is 0 Å². The van der Waals surface area contributed by atoms with E-state index >= 15 is 0 Å². The van der Waals surface area contributed by atoms with Crippen LogP contribution in [0.2, 0.25) is 0 Å². The molecule has 5 nitrogen and oxygen atoms in total. The molecule has 8 heteroatoms. The highest BCUT2D eigenvalue weighted by molar-refractivity contribution is 7.92. The van der Waals surface area contributed by atoms with Gasteiger partial charge in [0, 0.05) is 34.1 Å². The maximum Gasteiger partial charge on any atom is 0.184 e. The molecule has 0 aromatic heterocycles. The van der Waals surface area contributed by atoms with Gasteiger partial charge in [0.15, 0.2) is 9.84 Å². The zero-order valence-corrected chi connectivity index (χ0v) is 19.3. The SMILES string of the molecule is CC(C)c1cccc(S(=O)(=O)C2(C)CCOC(c3ccc(S(C)=O)cc3F)C2)c1.O. The van der Waals surface area contributed by atoms with E-state index in [1.807, 2.05) is 19.9 Å². The molecule has 1 fully saturated rings. The van der Waals surface area contributed by atoms with Crippen molar-refractivity contribution in [2.24, 2.45) is 0 Å². The van der Waals surface area contributed by atoms with Crippen LogP contribution >= 0.6 is 0 Å². The molecule has 0 amide bonds. The van der Waals surface area contributed by atoms with Gasteiger partial charge in [0.2, 0.25) is 0 Å². The average Bonchev–Trinajstić information content (AvgIpc) is 2.67. The first-order valence-corrected chi connectivity index (χ1v) is 12.7. The third kappa shape index (κ3) is 4.66. The summed E-state index contributed by atoms with van der Waals surface area (Å²) in [5.74, 6) is -0.303. The van der Waals surface area contributed by atoms with Gasteiger partial charge < -0.3 is 10.2 Å². The molecule has 3 unspecified atom stereocenters. The van der Waals surface area contributed by atoms with Crippen LogP contribution in [0, 0.1) is 5.82 Å². The van der Waals surface area contributed by atoms with E-state index in [1.54, 1.807) is 37.3 Å². The third-order valence-corrected chi connectivity index (χ3v) is 9.16. The third-order valence-electron chi connectivity index (χ3n) is 5.70. The Bertz CT molecular complexity index is 1040. The van der Waals surface area contributed by atoms with Crippen molar-refractivity contribution >= 4 is 20.6 Å². The van der Waals surface area contributed by atoms with Gasteiger partial charge in [0.05, 0.1) is 15.7 Å². The van der Waals surface area contributed by atoms with Crippen molar-refractivity contribution < 1.29 is 27.2 Å². The van der Waals surface area contributed by atoms with Crippen LogP contribution in [-0.2, 0) is 25.4 Å². The molecule has 2 aromatic rings. The second-order valence-corrected chi connectivity index (χ2v) is 12.0. The molecule has 3 rings (SSSR count). The summed E-state index contributed by atoms with van der Waals surface area (Å²) in [6.07, 6.45) is 1.32. The number of hydrogen-bond acceptors (Lipinski definition) is 4. The van der Waals surface area contributed by atoms with Crippen molar-refractivity contribution in [2.45, 2.75) is 60.2 Å². The highest BCUT2D eigenvalue weighted by atomic mass is 32.2. The van der Waals surface area contributed by atoms with Crippen molar-refractivity contribution in [3.8, 4) is 0 Å². The standard InChI is InChI=1S/C22H27FO4S2.H2O/c1-15(2)16-6-5-7-18(12-16)29(25,26)22(3)10-11-27-21(14-22)19-9-8-17(28(4)24)13-20(19)23;/h5-9,12-13,15,21H,10-11,14H2,1-4H3;1H2. The van der Waals surface area contributed by atoms with Gasteiger partial charge in [-0.1, -0.05) is 32.0 Å². The van der Waals surface area contributed by atoms with Crippen LogP contribution in [0.4, 0.5) is 4.39 Å². The summed E-state index contributed by atoms with van der Waals surface area (Å²) >= 11 is 0. The highest BCUT2D eigenvalue weighted by Crippen LogP contribution is 2.42. The molecule has 3 atom stereocenters. The van der Waals surface area contributed by atoms with Crippen molar-refractivity contribution in [3.63, 3.8) is 0 Å². The quantitative estimate of drug-likeness (QED) is 0.681. The monoisotopic (exact) mass is 456 g/mol. The summed E-state index contributed by atoms with van der Waals surface area (Å²) in [5, 5.41) is 0. The summed E-state index contributed by atoms with van der Waals surface area (Å²) in [5.41, 5.74) is 1.27. The number of ether oxygens (including phenoxy) is 1. The lowest BCUT2D eigenvalue weighted by molar-refractivity contribution is -0.00168. The van der Waals surface area contributed by atoms with Gasteiger partial charge in [-0.2, -0.15) is 0 Å². The van der Waals surface area contributed by atoms with Crippen LogP contribution in [0.3, 0.4) is 0 Å². The summed E-state index contributed by atoms with van der Waals surface area (Å²) in [4.78, 5) is 0.687. The van der Waals surface area contributed by atoms with Gasteiger partial charge in [-0.05, 0) is 55.5 Å². The first kappa shape index (κ1) is 24.7. The molecule has 1 heterocycles. The van der Waals surface area contributed by atoms with Gasteiger partial charge in [-0.25, -0.2) is 12.8 Å². The van der Waals surface area contributed by atoms with Crippen LogP contribution in [0.5, 0.6) is 0 Å². The van der Waals surface area contributed by atoms with E-state index in [2.05, 4.69) is 0 Å². The van der Waals surface area contributed by atoms with Crippen molar-refractivity contribution in [2.75, 3.05) is 12.9 Å². The molecule has 0 bridgehead atoms. The van der Waals surface area contributed by atoms with Crippen molar-refractivity contribution in [1.29, 1.82) is 0 Å². The van der Waals surface area contributed by atoms with Crippen LogP contribution in [0.25, 0.3) is 0 Å². The lowest BCUT2D eigenvalue weighted by atomic mass is 9.92. The molecule has 0 spiro atoms. The van der Waals surface area contributed by atoms with Gasteiger partial charge in [0.25, 0.3) is 0 Å². The fourth-order valence-corrected chi connectivity index (χ4v) is 6.06. The lowest BCUT2D eigenvalue weighted by Crippen LogP contribution is -2.42. The summed E-state index contributed by atoms with van der Waals surface area (Å²) in [7, 11) is -4.93. The fraction of sp³-hybridized carbons (Fsp3) is 0.455. The minimum atomic E-state index is -3.64. The Labute approximate surface area is 180 Å². The average molecular weight is 457 g/mol. The molecule has 1 aliphatic heterocycles. The molecule has 30 heavy (non-hydrogen) atoms. The van der Waals surface area contributed by atoms with E-state index in [1.165, 1.54) is 12.3 Å². The molecule has 0 aliphatic carbocycles. The summed E-state index contributed by atoms with van der Waals surface area (Å²) in [6.45, 7) is 5.99. The maximum atomic E-state index is 14.6. The van der Waals surface area contributed by atoms with Crippen LogP contribution < -0.4 is 0 Å². The first-order valence-electron chi connectivity index (χ1n) is 9.64. The number of halogens is 1. The van der Waals surface area contributed by atoms with E-state index in [0.29, 0.717) is 21.8 Å². The van der Waals surface area contributed by atoms with E-state index in [9.17, 15) is 17.0 Å². The normalized spacial score (nSPS) is 23.1. The molecule has 0 radical (unpaired) electrons. The molecule has 1 saturated heterocycles. The predicted molar refractivity (Wildman–Crippen MR) is 116 cm³/mol. The van der Waals surface area contributed by atoms with Gasteiger partial charge >= 0.3 is 0 Å². The molecule has 0 saturated carbocycles. The molecule has 1 aliphatic rings. The van der Waals surface area contributed by atoms with E-state index < -0.39 is 37.3 Å². The smallest absolute Gasteiger partial charge is 0.184 e. The fourth-order valence-electron chi connectivity index (χ4n) is 3.69. The topological polar surface area (TPSA) is 91.9 Å². The van der Waals surface area contributed by atoms with Crippen LogP contribution in [-0.4, -0.2) is 35.7 Å². The Hall–Kier alpha value is -1.61. The molecular formula is C22H29FO5S2. The first-order chi connectivity index (χ1) is 13.5. The number of rotatable bonds is 5. The Kier molecular flexibility index (Phi) is 7.61. The van der Waals surface area contributed by atoms with Crippen molar-refractivity contribution in [3.05, 3.63) is 59.4 Å². The lowest BCUT2D eigenvalue weighted by Gasteiger charge is -2.38. The van der Waals surface area contributed by atoms with Gasteiger partial charge in [-0.3, -0.25) is 4.21 Å². The largest absolute Gasteiger partial charge is 0.412 e. The second kappa shape index (κ2) is 9.26. The molecule has 166 valence electrons. The van der Waals surface area contributed by atoms with E-state index in [4.69, 9.17) is 4.74 Å². The molecule has 2 N–H and O–H groups in total. The summed E-state index contributed by atoms with van der Waals surface area (Å²) in [6, 6.07) is 11.4. The minimum Gasteiger partial charge on any atom is -0.412 e. The molecule has 2 aromatic carbocycles. The Morgan fingerprint density at radius 2 is 1.90 bits per heavy atom. The van der Waals surface area contributed by atoms with E-state index in [-0.39, 0.29) is 24.4 Å². The number of sulfone groups is 1. The number of benzene rings is 2. The number of hydrogen-bond donors (Lipinski definition) is 0. The van der Waals surface area contributed by atoms with Crippen LogP contribution in [0.15, 0.2) is 52.3 Å². The minimum absolute atomic E-state index is 0. The maximum absolute atomic E-state index is 14.6.